The van der Waals surface area contributed by atoms with Gasteiger partial charge in [-0.25, -0.2) is 4.98 Å². The zero-order chi connectivity index (χ0) is 22.8. The van der Waals surface area contributed by atoms with Gasteiger partial charge in [0.1, 0.15) is 25.1 Å². The van der Waals surface area contributed by atoms with E-state index in [4.69, 9.17) is 15.2 Å². The lowest BCUT2D eigenvalue weighted by Gasteiger charge is -2.25. The van der Waals surface area contributed by atoms with Crippen LogP contribution in [-0.4, -0.2) is 53.3 Å². The van der Waals surface area contributed by atoms with E-state index in [-0.39, 0.29) is 6.61 Å². The Balaban J connectivity index is 1.55. The van der Waals surface area contributed by atoms with Crippen LogP contribution < -0.4 is 15.2 Å². The molecule has 0 aliphatic carbocycles. The summed E-state index contributed by atoms with van der Waals surface area (Å²) in [6.45, 7) is 4.19. The average molecular weight is 436 g/mol. The van der Waals surface area contributed by atoms with Crippen molar-refractivity contribution in [3.63, 3.8) is 0 Å². The number of primary amides is 1. The van der Waals surface area contributed by atoms with Gasteiger partial charge in [0, 0.05) is 37.0 Å². The summed E-state index contributed by atoms with van der Waals surface area (Å²) in [7, 11) is 0. The van der Waals surface area contributed by atoms with E-state index in [9.17, 15) is 9.90 Å². The lowest BCUT2D eigenvalue weighted by molar-refractivity contribution is 0.0588. The highest BCUT2D eigenvalue weighted by atomic mass is 16.5. The van der Waals surface area contributed by atoms with Crippen molar-refractivity contribution in [1.29, 1.82) is 0 Å². The number of amides is 1. The summed E-state index contributed by atoms with van der Waals surface area (Å²) < 4.78 is 11.5. The van der Waals surface area contributed by atoms with Crippen molar-refractivity contribution in [2.45, 2.75) is 19.6 Å². The van der Waals surface area contributed by atoms with E-state index >= 15 is 0 Å². The molecule has 0 fully saturated rings. The van der Waals surface area contributed by atoms with E-state index in [1.807, 2.05) is 37.3 Å². The van der Waals surface area contributed by atoms with Crippen molar-refractivity contribution in [2.24, 2.45) is 5.73 Å². The van der Waals surface area contributed by atoms with Gasteiger partial charge >= 0.3 is 0 Å². The molecule has 1 heterocycles. The van der Waals surface area contributed by atoms with Crippen LogP contribution in [0.2, 0.25) is 0 Å². The Morgan fingerprint density at radius 2 is 1.81 bits per heavy atom. The van der Waals surface area contributed by atoms with Gasteiger partial charge in [0.15, 0.2) is 0 Å². The first-order valence-electron chi connectivity index (χ1n) is 10.5. The smallest absolute Gasteiger partial charge is 0.248 e. The van der Waals surface area contributed by atoms with Crippen LogP contribution in [0.25, 0.3) is 0 Å². The van der Waals surface area contributed by atoms with Crippen molar-refractivity contribution >= 4 is 5.91 Å². The van der Waals surface area contributed by atoms with E-state index in [2.05, 4.69) is 22.0 Å². The molecule has 1 atom stereocenters. The molecule has 0 aliphatic rings. The van der Waals surface area contributed by atoms with E-state index in [1.54, 1.807) is 30.5 Å². The molecule has 3 aromatic rings. The summed E-state index contributed by atoms with van der Waals surface area (Å²) in [4.78, 5) is 17.5. The SMILES string of the molecule is Cc1cccnc1OCC(O)CN(CCOc1ccc(C(N)=O)cc1)Cc1ccccc1. The Morgan fingerprint density at radius 1 is 1.06 bits per heavy atom. The molecular weight excluding hydrogens is 406 g/mol. The van der Waals surface area contributed by atoms with Crippen molar-refractivity contribution in [1.82, 2.24) is 9.88 Å². The molecule has 0 aliphatic heterocycles. The van der Waals surface area contributed by atoms with E-state index in [0.717, 1.165) is 11.1 Å². The Morgan fingerprint density at radius 3 is 2.50 bits per heavy atom. The normalized spacial score (nSPS) is 11.8. The molecule has 1 aromatic heterocycles. The molecule has 0 saturated carbocycles. The molecule has 0 spiro atoms. The Kier molecular flexibility index (Phi) is 8.60. The minimum atomic E-state index is -0.685. The number of nitrogens with two attached hydrogens (primary N) is 1. The highest BCUT2D eigenvalue weighted by molar-refractivity contribution is 5.92. The highest BCUT2D eigenvalue weighted by Crippen LogP contribution is 2.14. The third-order valence-electron chi connectivity index (χ3n) is 4.91. The van der Waals surface area contributed by atoms with Gasteiger partial charge in [-0.2, -0.15) is 0 Å². The van der Waals surface area contributed by atoms with E-state index < -0.39 is 12.0 Å². The minimum absolute atomic E-state index is 0.151. The van der Waals surface area contributed by atoms with Crippen LogP contribution in [0.4, 0.5) is 0 Å². The first-order valence-corrected chi connectivity index (χ1v) is 10.5. The van der Waals surface area contributed by atoms with Gasteiger partial charge in [0.25, 0.3) is 0 Å². The fourth-order valence-electron chi connectivity index (χ4n) is 3.23. The zero-order valence-electron chi connectivity index (χ0n) is 18.2. The van der Waals surface area contributed by atoms with Crippen molar-refractivity contribution in [3.8, 4) is 11.6 Å². The second kappa shape index (κ2) is 11.8. The van der Waals surface area contributed by atoms with Gasteiger partial charge in [0.05, 0.1) is 0 Å². The van der Waals surface area contributed by atoms with Crippen molar-refractivity contribution in [3.05, 3.63) is 89.6 Å². The third kappa shape index (κ3) is 7.37. The number of ether oxygens (including phenoxy) is 2. The number of carbonyl (C=O) groups excluding carboxylic acids is 1. The summed E-state index contributed by atoms with van der Waals surface area (Å²) >= 11 is 0. The second-order valence-electron chi connectivity index (χ2n) is 7.55. The molecule has 0 bridgehead atoms. The van der Waals surface area contributed by atoms with Gasteiger partial charge in [-0.05, 0) is 42.8 Å². The number of pyridine rings is 1. The summed E-state index contributed by atoms with van der Waals surface area (Å²) in [5.74, 6) is 0.718. The fraction of sp³-hybridized carbons (Fsp3) is 0.280. The monoisotopic (exact) mass is 435 g/mol. The molecular formula is C25H29N3O4. The summed E-state index contributed by atoms with van der Waals surface area (Å²) in [5.41, 5.74) is 7.78. The maximum absolute atomic E-state index is 11.2. The van der Waals surface area contributed by atoms with Crippen LogP contribution in [0.1, 0.15) is 21.5 Å². The number of aromatic nitrogens is 1. The third-order valence-corrected chi connectivity index (χ3v) is 4.91. The Labute approximate surface area is 188 Å². The van der Waals surface area contributed by atoms with Gasteiger partial charge in [-0.15, -0.1) is 0 Å². The summed E-state index contributed by atoms with van der Waals surface area (Å²) in [6.07, 6.45) is 0.985. The molecule has 0 radical (unpaired) electrons. The van der Waals surface area contributed by atoms with Gasteiger partial charge < -0.3 is 20.3 Å². The number of nitrogens with zero attached hydrogens (tertiary/aromatic N) is 2. The maximum Gasteiger partial charge on any atom is 0.248 e. The zero-order valence-corrected chi connectivity index (χ0v) is 18.2. The Bertz CT molecular complexity index is 980. The van der Waals surface area contributed by atoms with Gasteiger partial charge in [0.2, 0.25) is 11.8 Å². The minimum Gasteiger partial charge on any atom is -0.492 e. The average Bonchev–Trinajstić information content (AvgIpc) is 2.79. The van der Waals surface area contributed by atoms with Crippen molar-refractivity contribution in [2.75, 3.05) is 26.3 Å². The molecule has 32 heavy (non-hydrogen) atoms. The van der Waals surface area contributed by atoms with Crippen LogP contribution in [0.3, 0.4) is 0 Å². The molecule has 168 valence electrons. The van der Waals surface area contributed by atoms with Crippen LogP contribution in [0, 0.1) is 6.92 Å². The topological polar surface area (TPSA) is 97.9 Å². The number of benzene rings is 2. The lowest BCUT2D eigenvalue weighted by Crippen LogP contribution is -2.37. The molecule has 1 amide bonds. The summed E-state index contributed by atoms with van der Waals surface area (Å²) in [6, 6.07) is 20.6. The van der Waals surface area contributed by atoms with Crippen LogP contribution >= 0.6 is 0 Å². The largest absolute Gasteiger partial charge is 0.492 e. The van der Waals surface area contributed by atoms with Gasteiger partial charge in [-0.3, -0.25) is 9.69 Å². The lowest BCUT2D eigenvalue weighted by atomic mass is 10.2. The molecule has 1 unspecified atom stereocenters. The molecule has 7 heteroatoms. The predicted molar refractivity (Wildman–Crippen MR) is 123 cm³/mol. The van der Waals surface area contributed by atoms with E-state index in [1.165, 1.54) is 0 Å². The quantitative estimate of drug-likeness (QED) is 0.454. The van der Waals surface area contributed by atoms with E-state index in [0.29, 0.717) is 43.4 Å². The number of aryl methyl sites for hydroxylation is 1. The fourth-order valence-corrected chi connectivity index (χ4v) is 3.23. The summed E-state index contributed by atoms with van der Waals surface area (Å²) in [5, 5.41) is 10.6. The second-order valence-corrected chi connectivity index (χ2v) is 7.55. The number of rotatable bonds is 12. The standard InChI is InChI=1S/C25H29N3O4/c1-19-6-5-13-27-25(19)32-18-22(29)17-28(16-20-7-3-2-4-8-20)14-15-31-23-11-9-21(10-12-23)24(26)30/h2-13,22,29H,14-18H2,1H3,(H2,26,30). The Hall–Kier alpha value is -3.42. The molecule has 2 aromatic carbocycles. The highest BCUT2D eigenvalue weighted by Gasteiger charge is 2.14. The number of aliphatic hydroxyl groups excluding tert-OH is 1. The van der Waals surface area contributed by atoms with Crippen LogP contribution in [-0.2, 0) is 6.54 Å². The molecule has 7 nitrogen and oxygen atoms in total. The molecule has 0 saturated heterocycles. The molecule has 3 rings (SSSR count). The van der Waals surface area contributed by atoms with Gasteiger partial charge in [-0.1, -0.05) is 36.4 Å². The number of aliphatic hydroxyl groups is 1. The number of hydrogen-bond acceptors (Lipinski definition) is 6. The van der Waals surface area contributed by atoms with Crippen molar-refractivity contribution < 1.29 is 19.4 Å². The van der Waals surface area contributed by atoms with Crippen LogP contribution in [0.15, 0.2) is 72.9 Å². The maximum atomic E-state index is 11.2. The first kappa shape index (κ1) is 23.2. The number of carbonyl (C=O) groups is 1. The first-order chi connectivity index (χ1) is 15.5. The molecule has 3 N–H and O–H groups in total. The predicted octanol–water partition coefficient (Wildman–Crippen LogP) is 2.81. The number of hydrogen-bond donors (Lipinski definition) is 2. The van der Waals surface area contributed by atoms with Crippen LogP contribution in [0.5, 0.6) is 11.6 Å².